The summed E-state index contributed by atoms with van der Waals surface area (Å²) < 4.78 is 0. The zero-order chi connectivity index (χ0) is 26.2. The van der Waals surface area contributed by atoms with Crippen molar-refractivity contribution in [2.24, 2.45) is 47.3 Å². The van der Waals surface area contributed by atoms with Crippen molar-refractivity contribution in [3.05, 3.63) is 0 Å². The first-order valence-electron chi connectivity index (χ1n) is 17.9. The molecule has 0 aromatic rings. The van der Waals surface area contributed by atoms with Crippen LogP contribution in [0.2, 0.25) is 0 Å². The molecule has 8 unspecified atom stereocenters. The fourth-order valence-corrected chi connectivity index (χ4v) is 12.0. The van der Waals surface area contributed by atoms with E-state index < -0.39 is 0 Å². The molecule has 8 nitrogen and oxygen atoms in total. The standard InChI is InChI=1S/C32H56N8.Mn/c1-2-10-18-17(9-1)25-33-26(18)38-28-21-13-5-6-14-22(21)30(35-28)40-32-24-16-8-7-15-23(24)31(36-32)39-29-20-12-4-3-11-19(20)27(34-29)37-25;/h17-40H,1-16H2;. The quantitative estimate of drug-likeness (QED) is 0.199. The second-order valence-corrected chi connectivity index (χ2v) is 15.6. The van der Waals surface area contributed by atoms with Crippen LogP contribution in [-0.2, 0) is 17.1 Å². The molecule has 41 heavy (non-hydrogen) atoms. The molecule has 4 aliphatic carbocycles. The van der Waals surface area contributed by atoms with Gasteiger partial charge in [0.15, 0.2) is 0 Å². The Labute approximate surface area is 258 Å². The maximum Gasteiger partial charge on any atom is 0.0628 e. The van der Waals surface area contributed by atoms with Gasteiger partial charge in [-0.2, -0.15) is 0 Å². The van der Waals surface area contributed by atoms with E-state index in [0.717, 1.165) is 47.3 Å². The molecule has 0 amide bonds. The van der Waals surface area contributed by atoms with E-state index in [1.807, 2.05) is 0 Å². The smallest absolute Gasteiger partial charge is 0.0628 e. The molecule has 8 atom stereocenters. The van der Waals surface area contributed by atoms with Gasteiger partial charge in [0.1, 0.15) is 0 Å². The second-order valence-electron chi connectivity index (χ2n) is 15.6. The largest absolute Gasteiger partial charge is 0.286 e. The molecule has 5 aliphatic heterocycles. The van der Waals surface area contributed by atoms with E-state index in [-0.39, 0.29) is 17.1 Å². The van der Waals surface area contributed by atoms with Gasteiger partial charge in [0.2, 0.25) is 0 Å². The Morgan fingerprint density at radius 3 is 0.463 bits per heavy atom. The van der Waals surface area contributed by atoms with E-state index in [4.69, 9.17) is 0 Å². The summed E-state index contributed by atoms with van der Waals surface area (Å²) in [5.41, 5.74) is 0. The first kappa shape index (κ1) is 28.7. The first-order valence-corrected chi connectivity index (χ1v) is 17.9. The molecule has 8 N–H and O–H groups in total. The predicted molar refractivity (Wildman–Crippen MR) is 157 cm³/mol. The van der Waals surface area contributed by atoms with Gasteiger partial charge in [0, 0.05) is 17.1 Å². The van der Waals surface area contributed by atoms with E-state index in [1.54, 1.807) is 0 Å². The van der Waals surface area contributed by atoms with Crippen LogP contribution in [0.1, 0.15) is 103 Å². The topological polar surface area (TPSA) is 96.2 Å². The molecule has 1 radical (unpaired) electrons. The molecule has 0 aromatic carbocycles. The minimum Gasteiger partial charge on any atom is -0.286 e. The molecule has 5 heterocycles. The molecule has 9 rings (SSSR count). The van der Waals surface area contributed by atoms with Gasteiger partial charge in [0.05, 0.1) is 49.3 Å². The minimum atomic E-state index is 0. The van der Waals surface area contributed by atoms with Crippen LogP contribution >= 0.6 is 0 Å². The van der Waals surface area contributed by atoms with Crippen LogP contribution in [0.3, 0.4) is 0 Å². The van der Waals surface area contributed by atoms with Crippen LogP contribution in [-0.4, -0.2) is 49.3 Å². The van der Waals surface area contributed by atoms with Gasteiger partial charge in [-0.15, -0.1) is 0 Å². The average Bonchev–Trinajstić information content (AvgIpc) is 3.73. The summed E-state index contributed by atoms with van der Waals surface area (Å²) in [4.78, 5) is 0. The van der Waals surface area contributed by atoms with E-state index in [0.29, 0.717) is 49.3 Å². The predicted octanol–water partition coefficient (Wildman–Crippen LogP) is 2.60. The average molecular weight is 608 g/mol. The normalized spacial score (nSPS) is 56.2. The molecule has 4 saturated carbocycles. The molecule has 9 fully saturated rings. The van der Waals surface area contributed by atoms with Crippen LogP contribution < -0.4 is 42.5 Å². The van der Waals surface area contributed by atoms with Crippen LogP contribution in [0.5, 0.6) is 0 Å². The number of fused-ring (bicyclic) bond motifs is 20. The molecule has 9 heteroatoms. The summed E-state index contributed by atoms with van der Waals surface area (Å²) >= 11 is 0. The number of hydrogen-bond donors (Lipinski definition) is 8. The Morgan fingerprint density at radius 2 is 0.341 bits per heavy atom. The van der Waals surface area contributed by atoms with Crippen molar-refractivity contribution >= 4 is 0 Å². The fraction of sp³-hybridized carbons (Fsp3) is 1.00. The van der Waals surface area contributed by atoms with Gasteiger partial charge < -0.3 is 0 Å². The molecular weight excluding hydrogens is 551 g/mol. The van der Waals surface area contributed by atoms with Gasteiger partial charge in [-0.3, -0.25) is 42.5 Å². The second kappa shape index (κ2) is 11.8. The number of nitrogens with one attached hydrogen (secondary N) is 8. The number of hydrogen-bond acceptors (Lipinski definition) is 8. The third-order valence-electron chi connectivity index (χ3n) is 13.8. The van der Waals surface area contributed by atoms with Crippen molar-refractivity contribution in [2.75, 3.05) is 0 Å². The maximum absolute atomic E-state index is 4.26. The Bertz CT molecular complexity index is 716. The third-order valence-corrected chi connectivity index (χ3v) is 13.8. The Kier molecular flexibility index (Phi) is 8.28. The van der Waals surface area contributed by atoms with E-state index >= 15 is 0 Å². The molecule has 0 aromatic heterocycles. The van der Waals surface area contributed by atoms with Gasteiger partial charge in [0.25, 0.3) is 0 Å². The van der Waals surface area contributed by atoms with Crippen LogP contribution in [0.25, 0.3) is 0 Å². The van der Waals surface area contributed by atoms with Gasteiger partial charge in [-0.25, -0.2) is 0 Å². The van der Waals surface area contributed by atoms with Crippen molar-refractivity contribution in [3.63, 3.8) is 0 Å². The molecule has 231 valence electrons. The van der Waals surface area contributed by atoms with Crippen molar-refractivity contribution in [2.45, 2.75) is 152 Å². The van der Waals surface area contributed by atoms with Gasteiger partial charge in [-0.1, -0.05) is 51.4 Å². The van der Waals surface area contributed by atoms with Crippen LogP contribution in [0, 0.1) is 47.3 Å². The minimum absolute atomic E-state index is 0. The summed E-state index contributed by atoms with van der Waals surface area (Å²) in [6, 6.07) is 0. The Morgan fingerprint density at radius 1 is 0.220 bits per heavy atom. The van der Waals surface area contributed by atoms with Crippen LogP contribution in [0.4, 0.5) is 0 Å². The number of rotatable bonds is 0. The van der Waals surface area contributed by atoms with Crippen molar-refractivity contribution in [1.82, 2.24) is 42.5 Å². The van der Waals surface area contributed by atoms with Crippen molar-refractivity contribution in [1.29, 1.82) is 0 Å². The van der Waals surface area contributed by atoms with Crippen molar-refractivity contribution < 1.29 is 17.1 Å². The van der Waals surface area contributed by atoms with E-state index in [1.165, 1.54) is 103 Å². The Hall–Kier alpha value is 0.199. The SMILES string of the molecule is C1CCC2C3NC(NC4NC(NC5NC(NC6NC(N3)C3CCCCC63)C3CCCCC53)C3CCCCC43)C2C1.[Mn]. The monoisotopic (exact) mass is 607 g/mol. The summed E-state index contributed by atoms with van der Waals surface area (Å²) in [7, 11) is 0. The molecular formula is C32H56MnN8. The molecule has 9 aliphatic rings. The first-order chi connectivity index (χ1) is 19.8. The molecule has 0 spiro atoms. The van der Waals surface area contributed by atoms with Gasteiger partial charge >= 0.3 is 0 Å². The fourth-order valence-electron chi connectivity index (χ4n) is 12.0. The summed E-state index contributed by atoms with van der Waals surface area (Å²) in [6.07, 6.45) is 25.6. The van der Waals surface area contributed by atoms with Gasteiger partial charge in [-0.05, 0) is 98.7 Å². The van der Waals surface area contributed by atoms with Crippen LogP contribution in [0.15, 0.2) is 0 Å². The molecule has 8 bridgehead atoms. The summed E-state index contributed by atoms with van der Waals surface area (Å²) in [6.45, 7) is 0. The summed E-state index contributed by atoms with van der Waals surface area (Å²) in [5.74, 6) is 5.97. The van der Waals surface area contributed by atoms with Crippen molar-refractivity contribution in [3.8, 4) is 0 Å². The van der Waals surface area contributed by atoms with E-state index in [9.17, 15) is 0 Å². The maximum atomic E-state index is 4.26. The zero-order valence-corrected chi connectivity index (χ0v) is 26.1. The van der Waals surface area contributed by atoms with E-state index in [2.05, 4.69) is 42.5 Å². The Balaban J connectivity index is 0.00000256. The third kappa shape index (κ3) is 5.01. The summed E-state index contributed by atoms with van der Waals surface area (Å²) in [5, 5.41) is 33.8. The molecule has 5 saturated heterocycles. The zero-order valence-electron chi connectivity index (χ0n) is 24.9.